The summed E-state index contributed by atoms with van der Waals surface area (Å²) in [7, 11) is 1.75. The molecule has 0 aliphatic rings. The second-order valence-corrected chi connectivity index (χ2v) is 3.80. The Morgan fingerprint density at radius 2 is 2.07 bits per heavy atom. The van der Waals surface area contributed by atoms with E-state index in [1.54, 1.807) is 13.1 Å². The van der Waals surface area contributed by atoms with Crippen LogP contribution in [0.15, 0.2) is 18.2 Å². The second-order valence-electron chi connectivity index (χ2n) is 3.80. The van der Waals surface area contributed by atoms with Crippen LogP contribution in [-0.4, -0.2) is 12.0 Å². The molecule has 0 saturated heterocycles. The molecular weight excluding hydrogens is 199 g/mol. The average molecular weight is 212 g/mol. The van der Waals surface area contributed by atoms with E-state index in [4.69, 9.17) is 0 Å². The van der Waals surface area contributed by atoms with Gasteiger partial charge in [0.2, 0.25) is 5.82 Å². The summed E-state index contributed by atoms with van der Waals surface area (Å²) < 4.78 is 13.1. The molecule has 0 aliphatic heterocycles. The topological polar surface area (TPSA) is 55.2 Å². The van der Waals surface area contributed by atoms with Gasteiger partial charge >= 0.3 is 5.69 Å². The first-order valence-electron chi connectivity index (χ1n) is 4.52. The zero-order valence-corrected chi connectivity index (χ0v) is 8.87. The van der Waals surface area contributed by atoms with Crippen LogP contribution in [0.5, 0.6) is 0 Å². The molecule has 0 heterocycles. The van der Waals surface area contributed by atoms with Crippen LogP contribution >= 0.6 is 0 Å². The van der Waals surface area contributed by atoms with E-state index < -0.39 is 22.0 Å². The quantitative estimate of drug-likeness (QED) is 0.617. The van der Waals surface area contributed by atoms with E-state index in [1.807, 2.05) is 13.8 Å². The fourth-order valence-corrected chi connectivity index (χ4v) is 1.19. The van der Waals surface area contributed by atoms with E-state index in [0.717, 1.165) is 6.07 Å². The number of nitrogens with one attached hydrogen (secondary N) is 1. The summed E-state index contributed by atoms with van der Waals surface area (Å²) in [5, 5.41) is 13.5. The van der Waals surface area contributed by atoms with E-state index in [-0.39, 0.29) is 0 Å². The van der Waals surface area contributed by atoms with Crippen molar-refractivity contribution in [3.63, 3.8) is 0 Å². The number of nitrogens with zero attached hydrogens (tertiary/aromatic N) is 1. The Kier molecular flexibility index (Phi) is 3.04. The Bertz CT molecular complexity index is 391. The van der Waals surface area contributed by atoms with Gasteiger partial charge in [0.25, 0.3) is 0 Å². The normalized spacial score (nSPS) is 11.5. The molecule has 15 heavy (non-hydrogen) atoms. The molecule has 0 fully saturated rings. The molecule has 0 saturated carbocycles. The zero-order valence-electron chi connectivity index (χ0n) is 8.87. The van der Waals surface area contributed by atoms with Crippen LogP contribution in [0.1, 0.15) is 19.4 Å². The van der Waals surface area contributed by atoms with E-state index >= 15 is 0 Å². The van der Waals surface area contributed by atoms with Crippen molar-refractivity contribution in [2.75, 3.05) is 7.05 Å². The van der Waals surface area contributed by atoms with Gasteiger partial charge in [0.05, 0.1) is 4.92 Å². The Morgan fingerprint density at radius 3 is 2.53 bits per heavy atom. The molecule has 1 aromatic carbocycles. The Labute approximate surface area is 87.3 Å². The summed E-state index contributed by atoms with van der Waals surface area (Å²) >= 11 is 0. The highest BCUT2D eigenvalue weighted by atomic mass is 19.1. The van der Waals surface area contributed by atoms with Crippen LogP contribution < -0.4 is 5.32 Å². The van der Waals surface area contributed by atoms with Crippen molar-refractivity contribution < 1.29 is 9.31 Å². The van der Waals surface area contributed by atoms with Crippen molar-refractivity contribution in [1.82, 2.24) is 5.32 Å². The molecule has 0 bridgehead atoms. The third kappa shape index (κ3) is 2.30. The zero-order chi connectivity index (χ0) is 11.6. The van der Waals surface area contributed by atoms with Crippen LogP contribution in [0, 0.1) is 15.9 Å². The highest BCUT2D eigenvalue weighted by molar-refractivity contribution is 5.38. The first-order valence-corrected chi connectivity index (χ1v) is 4.52. The molecule has 0 spiro atoms. The van der Waals surface area contributed by atoms with E-state index in [2.05, 4.69) is 5.32 Å². The number of nitro benzene ring substituents is 1. The van der Waals surface area contributed by atoms with Gasteiger partial charge < -0.3 is 5.32 Å². The Hall–Kier alpha value is -1.49. The molecule has 1 N–H and O–H groups in total. The smallest absolute Gasteiger partial charge is 0.305 e. The molecule has 0 unspecified atom stereocenters. The minimum atomic E-state index is -0.810. The van der Waals surface area contributed by atoms with Gasteiger partial charge in [-0.3, -0.25) is 10.1 Å². The van der Waals surface area contributed by atoms with Gasteiger partial charge in [-0.25, -0.2) is 0 Å². The van der Waals surface area contributed by atoms with Crippen molar-refractivity contribution in [3.05, 3.63) is 39.7 Å². The summed E-state index contributed by atoms with van der Waals surface area (Å²) in [5.74, 6) is -0.810. The fourth-order valence-electron chi connectivity index (χ4n) is 1.19. The van der Waals surface area contributed by atoms with Crippen molar-refractivity contribution in [2.24, 2.45) is 0 Å². The number of hydrogen-bond donors (Lipinski definition) is 1. The summed E-state index contributed by atoms with van der Waals surface area (Å²) in [4.78, 5) is 9.82. The Morgan fingerprint density at radius 1 is 1.47 bits per heavy atom. The molecule has 1 rings (SSSR count). The average Bonchev–Trinajstić information content (AvgIpc) is 2.17. The molecule has 0 radical (unpaired) electrons. The maximum absolute atomic E-state index is 13.1. The number of benzene rings is 1. The van der Waals surface area contributed by atoms with Gasteiger partial charge in [0.1, 0.15) is 0 Å². The number of halogens is 1. The lowest BCUT2D eigenvalue weighted by molar-refractivity contribution is -0.387. The van der Waals surface area contributed by atoms with Gasteiger partial charge in [0, 0.05) is 11.6 Å². The van der Waals surface area contributed by atoms with E-state index in [1.165, 1.54) is 6.07 Å². The fraction of sp³-hybridized carbons (Fsp3) is 0.400. The van der Waals surface area contributed by atoms with Gasteiger partial charge in [-0.2, -0.15) is 4.39 Å². The predicted molar refractivity (Wildman–Crippen MR) is 55.1 cm³/mol. The summed E-state index contributed by atoms with van der Waals surface area (Å²) in [6.45, 7) is 3.73. The molecule has 0 atom stereocenters. The molecule has 4 nitrogen and oxygen atoms in total. The van der Waals surface area contributed by atoms with Crippen molar-refractivity contribution in [1.29, 1.82) is 0 Å². The van der Waals surface area contributed by atoms with E-state index in [9.17, 15) is 14.5 Å². The highest BCUT2D eigenvalue weighted by Crippen LogP contribution is 2.25. The van der Waals surface area contributed by atoms with Crippen molar-refractivity contribution in [2.45, 2.75) is 19.4 Å². The maximum Gasteiger partial charge on any atom is 0.305 e. The summed E-state index contributed by atoms with van der Waals surface area (Å²) in [6, 6.07) is 3.91. The summed E-state index contributed by atoms with van der Waals surface area (Å²) in [5.41, 5.74) is -0.229. The standard InChI is InChI=1S/C10H13FN2O2/c1-10(2,12-3)7-4-5-8(11)9(6-7)13(14)15/h4-6,12H,1-3H3. The van der Waals surface area contributed by atoms with Gasteiger partial charge in [-0.1, -0.05) is 6.07 Å². The van der Waals surface area contributed by atoms with Gasteiger partial charge in [-0.05, 0) is 32.5 Å². The Balaban J connectivity index is 3.25. The molecule has 0 aromatic heterocycles. The largest absolute Gasteiger partial charge is 0.311 e. The minimum Gasteiger partial charge on any atom is -0.311 e. The molecule has 5 heteroatoms. The van der Waals surface area contributed by atoms with Crippen LogP contribution in [0.2, 0.25) is 0 Å². The molecule has 82 valence electrons. The maximum atomic E-state index is 13.1. The SMILES string of the molecule is CNC(C)(C)c1ccc(F)c([N+](=O)[O-])c1. The van der Waals surface area contributed by atoms with Crippen LogP contribution in [0.25, 0.3) is 0 Å². The lowest BCUT2D eigenvalue weighted by atomic mass is 9.94. The molecule has 1 aromatic rings. The number of rotatable bonds is 3. The third-order valence-corrected chi connectivity index (χ3v) is 2.49. The van der Waals surface area contributed by atoms with Crippen molar-refractivity contribution in [3.8, 4) is 0 Å². The number of nitro groups is 1. The van der Waals surface area contributed by atoms with Crippen molar-refractivity contribution >= 4 is 5.69 Å². The van der Waals surface area contributed by atoms with Gasteiger partial charge in [0.15, 0.2) is 0 Å². The first kappa shape index (κ1) is 11.6. The lowest BCUT2D eigenvalue weighted by Gasteiger charge is -2.24. The lowest BCUT2D eigenvalue weighted by Crippen LogP contribution is -2.33. The molecular formula is C10H13FN2O2. The first-order chi connectivity index (χ1) is 6.88. The molecule has 0 aliphatic carbocycles. The number of hydrogen-bond acceptors (Lipinski definition) is 3. The van der Waals surface area contributed by atoms with Crippen LogP contribution in [0.3, 0.4) is 0 Å². The monoisotopic (exact) mass is 212 g/mol. The second kappa shape index (κ2) is 3.94. The minimum absolute atomic E-state index is 0.418. The van der Waals surface area contributed by atoms with Crippen LogP contribution in [-0.2, 0) is 5.54 Å². The van der Waals surface area contributed by atoms with E-state index in [0.29, 0.717) is 5.56 Å². The summed E-state index contributed by atoms with van der Waals surface area (Å²) in [6.07, 6.45) is 0. The third-order valence-electron chi connectivity index (χ3n) is 2.49. The highest BCUT2D eigenvalue weighted by Gasteiger charge is 2.22. The predicted octanol–water partition coefficient (Wildman–Crippen LogP) is 2.19. The van der Waals surface area contributed by atoms with Crippen LogP contribution in [0.4, 0.5) is 10.1 Å². The van der Waals surface area contributed by atoms with Gasteiger partial charge in [-0.15, -0.1) is 0 Å². The molecule has 0 amide bonds.